The minimum atomic E-state index is -0.938. The number of piperazine rings is 1. The number of aliphatic imine (C=N–C) groups is 1. The predicted molar refractivity (Wildman–Crippen MR) is 135 cm³/mol. The summed E-state index contributed by atoms with van der Waals surface area (Å²) in [6, 6.07) is 17.2. The Morgan fingerprint density at radius 2 is 1.60 bits per heavy atom. The molecule has 2 aliphatic heterocycles. The van der Waals surface area contributed by atoms with Crippen LogP contribution in [-0.2, 0) is 6.54 Å². The first-order valence-electron chi connectivity index (χ1n) is 12.0. The number of hydrogen-bond donors (Lipinski definition) is 1. The molecule has 1 N–H and O–H groups in total. The smallest absolute Gasteiger partial charge is 0.336 e. The summed E-state index contributed by atoms with van der Waals surface area (Å²) >= 11 is 0. The third-order valence-electron chi connectivity index (χ3n) is 6.83. The number of hydrogen-bond acceptors (Lipinski definition) is 5. The average Bonchev–Trinajstić information content (AvgIpc) is 3.42. The van der Waals surface area contributed by atoms with Crippen LogP contribution in [-0.4, -0.2) is 76.0 Å². The van der Waals surface area contributed by atoms with Crippen LogP contribution in [0.25, 0.3) is 22.2 Å². The highest BCUT2D eigenvalue weighted by molar-refractivity contribution is 6.05. The summed E-state index contributed by atoms with van der Waals surface area (Å²) in [5.74, 6) is -0.167. The molecule has 0 unspecified atom stereocenters. The standard InChI is InChI=1S/C27H28N6O2/c28-19-29-27(32-12-6-7-13-32)33-16-14-31(15-17-33)18-22-24(26(34)35)21-10-4-5-11-23(21)30-25(22)20-8-2-1-3-9-20/h1-5,8-11H,6-7,12-18H2,(H,34,35). The van der Waals surface area contributed by atoms with E-state index in [0.717, 1.165) is 69.2 Å². The van der Waals surface area contributed by atoms with Gasteiger partial charge in [-0.1, -0.05) is 48.5 Å². The van der Waals surface area contributed by atoms with Crippen molar-refractivity contribution in [3.8, 4) is 17.5 Å². The van der Waals surface area contributed by atoms with E-state index in [1.165, 1.54) is 0 Å². The zero-order valence-corrected chi connectivity index (χ0v) is 19.6. The number of nitrogens with zero attached hydrogens (tertiary/aromatic N) is 6. The van der Waals surface area contributed by atoms with Crippen LogP contribution in [0, 0.1) is 11.5 Å². The van der Waals surface area contributed by atoms with Crippen LogP contribution in [0.1, 0.15) is 28.8 Å². The maximum atomic E-state index is 12.5. The van der Waals surface area contributed by atoms with Crippen LogP contribution < -0.4 is 0 Å². The van der Waals surface area contributed by atoms with Gasteiger partial charge in [0.25, 0.3) is 0 Å². The van der Waals surface area contributed by atoms with Crippen molar-refractivity contribution in [2.75, 3.05) is 39.3 Å². The maximum absolute atomic E-state index is 12.5. The molecule has 2 saturated heterocycles. The van der Waals surface area contributed by atoms with E-state index < -0.39 is 5.97 Å². The minimum absolute atomic E-state index is 0.320. The fourth-order valence-electron chi connectivity index (χ4n) is 5.12. The maximum Gasteiger partial charge on any atom is 0.336 e. The van der Waals surface area contributed by atoms with Gasteiger partial charge in [-0.2, -0.15) is 5.26 Å². The number of carboxylic acid groups (broad SMARTS) is 1. The number of para-hydroxylation sites is 1. The lowest BCUT2D eigenvalue weighted by molar-refractivity contribution is 0.0696. The molecule has 0 aliphatic carbocycles. The van der Waals surface area contributed by atoms with Gasteiger partial charge in [-0.3, -0.25) is 4.90 Å². The second-order valence-corrected chi connectivity index (χ2v) is 8.97. The number of carboxylic acids is 1. The number of nitriles is 1. The molecule has 8 nitrogen and oxygen atoms in total. The molecule has 0 radical (unpaired) electrons. The lowest BCUT2D eigenvalue weighted by atomic mass is 9.96. The van der Waals surface area contributed by atoms with Gasteiger partial charge in [-0.05, 0) is 18.9 Å². The third kappa shape index (κ3) is 4.68. The van der Waals surface area contributed by atoms with Gasteiger partial charge in [0.15, 0.2) is 0 Å². The number of aromatic nitrogens is 1. The molecule has 0 bridgehead atoms. The topological polar surface area (TPSA) is 96.1 Å². The van der Waals surface area contributed by atoms with Crippen LogP contribution >= 0.6 is 0 Å². The van der Waals surface area contributed by atoms with E-state index in [1.54, 1.807) is 0 Å². The summed E-state index contributed by atoms with van der Waals surface area (Å²) in [5, 5.41) is 20.1. The molecule has 8 heteroatoms. The van der Waals surface area contributed by atoms with Gasteiger partial charge >= 0.3 is 5.97 Å². The van der Waals surface area contributed by atoms with Crippen LogP contribution in [0.15, 0.2) is 59.6 Å². The molecular weight excluding hydrogens is 440 g/mol. The molecule has 3 aromatic rings. The Balaban J connectivity index is 1.45. The predicted octanol–water partition coefficient (Wildman–Crippen LogP) is 3.65. The first-order chi connectivity index (χ1) is 17.2. The molecule has 3 heterocycles. The molecule has 0 saturated carbocycles. The van der Waals surface area contributed by atoms with E-state index in [1.807, 2.05) is 60.8 Å². The molecule has 2 aliphatic rings. The van der Waals surface area contributed by atoms with Crippen molar-refractivity contribution >= 4 is 22.8 Å². The number of benzene rings is 2. The Labute approximate surface area is 204 Å². The number of likely N-dealkylation sites (tertiary alicyclic amines) is 1. The second kappa shape index (κ2) is 10.1. The fourth-order valence-corrected chi connectivity index (χ4v) is 5.12. The molecule has 178 valence electrons. The Bertz CT molecular complexity index is 1290. The van der Waals surface area contributed by atoms with Crippen molar-refractivity contribution in [2.24, 2.45) is 4.99 Å². The van der Waals surface area contributed by atoms with Crippen molar-refractivity contribution in [1.29, 1.82) is 5.26 Å². The van der Waals surface area contributed by atoms with E-state index in [9.17, 15) is 15.2 Å². The number of guanidine groups is 1. The average molecular weight is 469 g/mol. The minimum Gasteiger partial charge on any atom is -0.478 e. The van der Waals surface area contributed by atoms with Crippen molar-refractivity contribution in [2.45, 2.75) is 19.4 Å². The highest BCUT2D eigenvalue weighted by atomic mass is 16.4. The first kappa shape index (κ1) is 22.8. The van der Waals surface area contributed by atoms with Crippen molar-refractivity contribution in [3.63, 3.8) is 0 Å². The second-order valence-electron chi connectivity index (χ2n) is 8.97. The number of pyridine rings is 1. The number of rotatable bonds is 4. The Morgan fingerprint density at radius 1 is 0.943 bits per heavy atom. The van der Waals surface area contributed by atoms with Crippen molar-refractivity contribution in [3.05, 3.63) is 65.7 Å². The zero-order valence-electron chi connectivity index (χ0n) is 19.6. The molecular formula is C27H28N6O2. The highest BCUT2D eigenvalue weighted by Gasteiger charge is 2.28. The van der Waals surface area contributed by atoms with Crippen molar-refractivity contribution in [1.82, 2.24) is 19.7 Å². The van der Waals surface area contributed by atoms with Gasteiger partial charge in [0.05, 0.1) is 16.8 Å². The Morgan fingerprint density at radius 3 is 2.29 bits per heavy atom. The SMILES string of the molecule is N#CN=C(N1CCCC1)N1CCN(Cc2c(-c3ccccc3)nc3ccccc3c2C(=O)O)CC1. The first-order valence-corrected chi connectivity index (χ1v) is 12.0. The van der Waals surface area contributed by atoms with Crippen LogP contribution in [0.3, 0.4) is 0 Å². The lowest BCUT2D eigenvalue weighted by Gasteiger charge is -2.38. The van der Waals surface area contributed by atoms with Gasteiger partial charge in [0, 0.05) is 62.3 Å². The summed E-state index contributed by atoms with van der Waals surface area (Å²) in [6.07, 6.45) is 4.22. The Kier molecular flexibility index (Phi) is 6.59. The van der Waals surface area contributed by atoms with E-state index in [2.05, 4.69) is 19.7 Å². The van der Waals surface area contributed by atoms with Crippen LogP contribution in [0.4, 0.5) is 0 Å². The van der Waals surface area contributed by atoms with Crippen LogP contribution in [0.5, 0.6) is 0 Å². The van der Waals surface area contributed by atoms with E-state index >= 15 is 0 Å². The van der Waals surface area contributed by atoms with Crippen LogP contribution in [0.2, 0.25) is 0 Å². The van der Waals surface area contributed by atoms with Gasteiger partial charge in [0.2, 0.25) is 12.2 Å². The molecule has 2 aromatic carbocycles. The lowest BCUT2D eigenvalue weighted by Crippen LogP contribution is -2.52. The van der Waals surface area contributed by atoms with Gasteiger partial charge in [-0.25, -0.2) is 9.78 Å². The molecule has 5 rings (SSSR count). The molecule has 2 fully saturated rings. The largest absolute Gasteiger partial charge is 0.478 e. The number of carbonyl (C=O) groups is 1. The Hall–Kier alpha value is -3.96. The normalized spacial score (nSPS) is 17.1. The summed E-state index contributed by atoms with van der Waals surface area (Å²) in [5.41, 5.74) is 3.36. The van der Waals surface area contributed by atoms with E-state index in [0.29, 0.717) is 28.7 Å². The molecule has 0 atom stereocenters. The summed E-state index contributed by atoms with van der Waals surface area (Å²) in [7, 11) is 0. The highest BCUT2D eigenvalue weighted by Crippen LogP contribution is 2.31. The number of fused-ring (bicyclic) bond motifs is 1. The number of aromatic carboxylic acids is 1. The third-order valence-corrected chi connectivity index (χ3v) is 6.83. The van der Waals surface area contributed by atoms with Crippen molar-refractivity contribution < 1.29 is 9.90 Å². The van der Waals surface area contributed by atoms with E-state index in [-0.39, 0.29) is 0 Å². The summed E-state index contributed by atoms with van der Waals surface area (Å²) < 4.78 is 0. The quantitative estimate of drug-likeness (QED) is 0.355. The fraction of sp³-hybridized carbons (Fsp3) is 0.333. The molecule has 0 spiro atoms. The molecule has 1 aromatic heterocycles. The molecule has 0 amide bonds. The van der Waals surface area contributed by atoms with Gasteiger partial charge in [-0.15, -0.1) is 4.99 Å². The monoisotopic (exact) mass is 468 g/mol. The summed E-state index contributed by atoms with van der Waals surface area (Å²) in [4.78, 5) is 28.2. The summed E-state index contributed by atoms with van der Waals surface area (Å²) in [6.45, 7) is 5.34. The van der Waals surface area contributed by atoms with Gasteiger partial charge in [0.1, 0.15) is 0 Å². The zero-order chi connectivity index (χ0) is 24.2. The molecule has 35 heavy (non-hydrogen) atoms. The van der Waals surface area contributed by atoms with Gasteiger partial charge < -0.3 is 14.9 Å². The van der Waals surface area contributed by atoms with E-state index in [4.69, 9.17) is 4.98 Å².